The molecular formula is C15H29N5. The van der Waals surface area contributed by atoms with Gasteiger partial charge in [-0.3, -0.25) is 0 Å². The second-order valence-corrected chi connectivity index (χ2v) is 5.81. The van der Waals surface area contributed by atoms with Crippen molar-refractivity contribution < 1.29 is 0 Å². The van der Waals surface area contributed by atoms with Gasteiger partial charge in [0.2, 0.25) is 0 Å². The van der Waals surface area contributed by atoms with Crippen LogP contribution in [0.1, 0.15) is 26.5 Å². The molecule has 0 aliphatic heterocycles. The molecule has 0 aliphatic carbocycles. The Morgan fingerprint density at radius 3 is 2.40 bits per heavy atom. The molecule has 20 heavy (non-hydrogen) atoms. The molecular weight excluding hydrogens is 250 g/mol. The zero-order chi connectivity index (χ0) is 15.0. The highest BCUT2D eigenvalue weighted by atomic mass is 15.3. The zero-order valence-corrected chi connectivity index (χ0v) is 13.6. The van der Waals surface area contributed by atoms with Gasteiger partial charge >= 0.3 is 0 Å². The van der Waals surface area contributed by atoms with Crippen LogP contribution in [0.2, 0.25) is 0 Å². The van der Waals surface area contributed by atoms with Crippen LogP contribution in [-0.4, -0.2) is 55.4 Å². The summed E-state index contributed by atoms with van der Waals surface area (Å²) in [7, 11) is 4.19. The lowest BCUT2D eigenvalue weighted by Gasteiger charge is -2.26. The minimum absolute atomic E-state index is 0.611. The molecule has 1 aromatic rings. The predicted molar refractivity (Wildman–Crippen MR) is 85.0 cm³/mol. The molecule has 0 fully saturated rings. The van der Waals surface area contributed by atoms with Crippen LogP contribution in [-0.2, 0) is 6.54 Å². The molecule has 0 saturated carbocycles. The lowest BCUT2D eigenvalue weighted by molar-refractivity contribution is 0.408. The number of nitrogens with one attached hydrogen (secondary N) is 1. The first-order valence-corrected chi connectivity index (χ1v) is 7.46. The third-order valence-electron chi connectivity index (χ3n) is 2.99. The average molecular weight is 279 g/mol. The molecule has 0 saturated heterocycles. The van der Waals surface area contributed by atoms with Crippen LogP contribution in [0.25, 0.3) is 0 Å². The molecule has 0 atom stereocenters. The third-order valence-corrected chi connectivity index (χ3v) is 2.99. The molecule has 0 aromatic carbocycles. The summed E-state index contributed by atoms with van der Waals surface area (Å²) in [6.45, 7) is 11.3. The fourth-order valence-electron chi connectivity index (χ4n) is 1.93. The highest BCUT2D eigenvalue weighted by Crippen LogP contribution is 2.12. The highest BCUT2D eigenvalue weighted by Gasteiger charge is 2.11. The maximum atomic E-state index is 4.38. The molecule has 1 rings (SSSR count). The predicted octanol–water partition coefficient (Wildman–Crippen LogP) is 1.61. The Bertz CT molecular complexity index is 361. The topological polar surface area (TPSA) is 44.3 Å². The zero-order valence-electron chi connectivity index (χ0n) is 13.6. The van der Waals surface area contributed by atoms with Gasteiger partial charge in [-0.2, -0.15) is 5.10 Å². The number of aromatic nitrogens is 2. The van der Waals surface area contributed by atoms with Crippen molar-refractivity contribution in [3.63, 3.8) is 0 Å². The number of rotatable bonds is 9. The Morgan fingerprint density at radius 2 is 1.90 bits per heavy atom. The molecule has 0 bridgehead atoms. The van der Waals surface area contributed by atoms with Gasteiger partial charge in [0.1, 0.15) is 0 Å². The van der Waals surface area contributed by atoms with E-state index in [1.165, 1.54) is 0 Å². The van der Waals surface area contributed by atoms with E-state index >= 15 is 0 Å². The first kappa shape index (κ1) is 16.9. The van der Waals surface area contributed by atoms with E-state index in [0.29, 0.717) is 5.92 Å². The number of likely N-dealkylation sites (N-methyl/N-ethyl adjacent to an activating group) is 1. The summed E-state index contributed by atoms with van der Waals surface area (Å²) in [4.78, 5) is 4.51. The van der Waals surface area contributed by atoms with E-state index in [9.17, 15) is 0 Å². The molecule has 0 aliphatic rings. The second kappa shape index (κ2) is 8.87. The van der Waals surface area contributed by atoms with Gasteiger partial charge in [0, 0.05) is 26.2 Å². The van der Waals surface area contributed by atoms with Gasteiger partial charge in [-0.1, -0.05) is 20.8 Å². The molecule has 1 heterocycles. The van der Waals surface area contributed by atoms with Crippen LogP contribution in [0.5, 0.6) is 0 Å². The Hall–Kier alpha value is -1.20. The Kier molecular flexibility index (Phi) is 7.47. The van der Waals surface area contributed by atoms with Gasteiger partial charge < -0.3 is 15.1 Å². The summed E-state index contributed by atoms with van der Waals surface area (Å²) < 4.78 is 0. The monoisotopic (exact) mass is 279 g/mol. The van der Waals surface area contributed by atoms with E-state index < -0.39 is 0 Å². The van der Waals surface area contributed by atoms with Crippen molar-refractivity contribution in [2.45, 2.75) is 27.3 Å². The summed E-state index contributed by atoms with van der Waals surface area (Å²) in [5.41, 5.74) is 0.993. The largest absolute Gasteiger partial charge is 0.354 e. The lowest BCUT2D eigenvalue weighted by Crippen LogP contribution is -2.35. The summed E-state index contributed by atoms with van der Waals surface area (Å²) >= 11 is 0. The molecule has 5 heteroatoms. The van der Waals surface area contributed by atoms with Gasteiger partial charge in [-0.05, 0) is 38.7 Å². The fraction of sp³-hybridized carbons (Fsp3) is 0.733. The number of hydrogen-bond acceptors (Lipinski definition) is 5. The van der Waals surface area contributed by atoms with E-state index in [2.05, 4.69) is 72.3 Å². The summed E-state index contributed by atoms with van der Waals surface area (Å²) in [5.74, 6) is 1.58. The van der Waals surface area contributed by atoms with E-state index in [1.54, 1.807) is 0 Å². The van der Waals surface area contributed by atoms with Crippen molar-refractivity contribution in [2.75, 3.05) is 45.2 Å². The van der Waals surface area contributed by atoms with Gasteiger partial charge in [0.15, 0.2) is 5.82 Å². The SMILES string of the molecule is CCNCc1ccc(N(CCN(C)C)CC(C)C)nn1. The average Bonchev–Trinajstić information content (AvgIpc) is 2.41. The maximum Gasteiger partial charge on any atom is 0.151 e. The molecule has 0 unspecified atom stereocenters. The Labute approximate surface area is 123 Å². The van der Waals surface area contributed by atoms with Crippen molar-refractivity contribution >= 4 is 5.82 Å². The van der Waals surface area contributed by atoms with E-state index in [-0.39, 0.29) is 0 Å². The summed E-state index contributed by atoms with van der Waals surface area (Å²) in [5, 5.41) is 11.9. The Balaban J connectivity index is 2.68. The fourth-order valence-corrected chi connectivity index (χ4v) is 1.93. The van der Waals surface area contributed by atoms with Crippen LogP contribution in [0.4, 0.5) is 5.82 Å². The van der Waals surface area contributed by atoms with Crippen molar-refractivity contribution in [3.8, 4) is 0 Å². The second-order valence-electron chi connectivity index (χ2n) is 5.81. The summed E-state index contributed by atoms with van der Waals surface area (Å²) in [6.07, 6.45) is 0. The molecule has 114 valence electrons. The van der Waals surface area contributed by atoms with E-state index in [1.807, 2.05) is 0 Å². The van der Waals surface area contributed by atoms with E-state index in [0.717, 1.165) is 44.2 Å². The van der Waals surface area contributed by atoms with Crippen molar-refractivity contribution in [2.24, 2.45) is 5.92 Å². The van der Waals surface area contributed by atoms with Crippen LogP contribution in [0, 0.1) is 5.92 Å². The Morgan fingerprint density at radius 1 is 1.15 bits per heavy atom. The van der Waals surface area contributed by atoms with Gasteiger partial charge in [0.05, 0.1) is 5.69 Å². The highest BCUT2D eigenvalue weighted by molar-refractivity contribution is 5.37. The van der Waals surface area contributed by atoms with Gasteiger partial charge in [0.25, 0.3) is 0 Å². The van der Waals surface area contributed by atoms with Crippen LogP contribution in [0.3, 0.4) is 0 Å². The molecule has 0 amide bonds. The maximum absolute atomic E-state index is 4.38. The summed E-state index contributed by atoms with van der Waals surface area (Å²) in [6, 6.07) is 4.14. The minimum atomic E-state index is 0.611. The van der Waals surface area contributed by atoms with Gasteiger partial charge in [-0.25, -0.2) is 0 Å². The van der Waals surface area contributed by atoms with Gasteiger partial charge in [-0.15, -0.1) is 5.10 Å². The first-order valence-electron chi connectivity index (χ1n) is 7.46. The molecule has 5 nitrogen and oxygen atoms in total. The van der Waals surface area contributed by atoms with Crippen LogP contribution in [0.15, 0.2) is 12.1 Å². The standard InChI is InChI=1S/C15H29N5/c1-6-16-11-14-7-8-15(18-17-14)20(12-13(2)3)10-9-19(4)5/h7-8,13,16H,6,9-12H2,1-5H3. The minimum Gasteiger partial charge on any atom is -0.354 e. The van der Waals surface area contributed by atoms with E-state index in [4.69, 9.17) is 0 Å². The third kappa shape index (κ3) is 6.30. The number of hydrogen-bond donors (Lipinski definition) is 1. The molecule has 1 aromatic heterocycles. The van der Waals surface area contributed by atoms with Crippen molar-refractivity contribution in [1.29, 1.82) is 0 Å². The lowest BCUT2D eigenvalue weighted by atomic mass is 10.2. The molecule has 0 radical (unpaired) electrons. The number of anilines is 1. The normalized spacial score (nSPS) is 11.3. The first-order chi connectivity index (χ1) is 9.52. The van der Waals surface area contributed by atoms with Crippen molar-refractivity contribution in [3.05, 3.63) is 17.8 Å². The quantitative estimate of drug-likeness (QED) is 0.744. The van der Waals surface area contributed by atoms with Crippen molar-refractivity contribution in [1.82, 2.24) is 20.4 Å². The smallest absolute Gasteiger partial charge is 0.151 e. The number of nitrogens with zero attached hydrogens (tertiary/aromatic N) is 4. The van der Waals surface area contributed by atoms with Crippen LogP contribution < -0.4 is 10.2 Å². The molecule has 1 N–H and O–H groups in total. The molecule has 0 spiro atoms. The van der Waals surface area contributed by atoms with Crippen LogP contribution >= 0.6 is 0 Å².